The van der Waals surface area contributed by atoms with Crippen LogP contribution in [0.3, 0.4) is 0 Å². The molecule has 3 N–H and O–H groups in total. The molecule has 2 rings (SSSR count). The fourth-order valence-corrected chi connectivity index (χ4v) is 2.00. The highest BCUT2D eigenvalue weighted by Crippen LogP contribution is 2.08. The van der Waals surface area contributed by atoms with Crippen LogP contribution in [0.25, 0.3) is 0 Å². The minimum atomic E-state index is 0.324. The van der Waals surface area contributed by atoms with E-state index in [-0.39, 0.29) is 0 Å². The first-order valence-corrected chi connectivity index (χ1v) is 5.89. The van der Waals surface area contributed by atoms with E-state index in [0.717, 1.165) is 18.8 Å². The fraction of sp³-hybridized carbons (Fsp3) is 0.636. The molecule has 0 amide bonds. The second-order valence-corrected chi connectivity index (χ2v) is 4.13. The van der Waals surface area contributed by atoms with E-state index in [4.69, 9.17) is 5.73 Å². The number of rotatable bonds is 5. The second-order valence-electron chi connectivity index (χ2n) is 4.13. The monoisotopic (exact) mass is 221 g/mol. The number of nitrogen functional groups attached to an aromatic ring is 1. The van der Waals surface area contributed by atoms with Crippen molar-refractivity contribution in [3.05, 3.63) is 12.3 Å². The molecule has 0 radical (unpaired) electrons. The van der Waals surface area contributed by atoms with Crippen LogP contribution in [0.4, 0.5) is 11.8 Å². The average molecular weight is 221 g/mol. The Labute approximate surface area is 96.1 Å². The highest BCUT2D eigenvalue weighted by molar-refractivity contribution is 5.36. The summed E-state index contributed by atoms with van der Waals surface area (Å²) in [5.74, 6) is 1.14. The van der Waals surface area contributed by atoms with E-state index in [2.05, 4.69) is 20.2 Å². The van der Waals surface area contributed by atoms with Gasteiger partial charge in [-0.25, -0.2) is 4.98 Å². The van der Waals surface area contributed by atoms with E-state index in [1.165, 1.54) is 32.5 Å². The third-order valence-corrected chi connectivity index (χ3v) is 2.83. The van der Waals surface area contributed by atoms with Gasteiger partial charge in [0.05, 0.1) is 0 Å². The van der Waals surface area contributed by atoms with Crippen molar-refractivity contribution < 1.29 is 0 Å². The highest BCUT2D eigenvalue weighted by atomic mass is 15.1. The molecule has 0 atom stereocenters. The molecule has 0 unspecified atom stereocenters. The normalized spacial score (nSPS) is 16.5. The van der Waals surface area contributed by atoms with Crippen molar-refractivity contribution in [1.29, 1.82) is 0 Å². The molecule has 1 aromatic heterocycles. The Balaban J connectivity index is 1.64. The van der Waals surface area contributed by atoms with Crippen molar-refractivity contribution in [2.45, 2.75) is 19.3 Å². The summed E-state index contributed by atoms with van der Waals surface area (Å²) in [4.78, 5) is 10.4. The maximum absolute atomic E-state index is 5.49. The molecule has 5 heteroatoms. The number of hydrogen-bond donors (Lipinski definition) is 2. The summed E-state index contributed by atoms with van der Waals surface area (Å²) >= 11 is 0. The fourth-order valence-electron chi connectivity index (χ4n) is 2.00. The average Bonchev–Trinajstić information content (AvgIpc) is 2.77. The number of aromatic nitrogens is 2. The van der Waals surface area contributed by atoms with Crippen molar-refractivity contribution >= 4 is 11.8 Å². The van der Waals surface area contributed by atoms with Gasteiger partial charge in [-0.2, -0.15) is 4.98 Å². The predicted molar refractivity (Wildman–Crippen MR) is 65.2 cm³/mol. The van der Waals surface area contributed by atoms with Gasteiger partial charge in [0.2, 0.25) is 5.95 Å². The standard InChI is InChI=1S/C11H19N5/c12-11-14-6-4-10(15-11)13-5-3-9-16-7-1-2-8-16/h4,6H,1-3,5,7-9H2,(H3,12,13,14,15). The SMILES string of the molecule is Nc1nccc(NCCCN2CCCC2)n1. The molecular formula is C11H19N5. The molecule has 0 aromatic carbocycles. The van der Waals surface area contributed by atoms with Crippen LogP contribution >= 0.6 is 0 Å². The minimum Gasteiger partial charge on any atom is -0.370 e. The highest BCUT2D eigenvalue weighted by Gasteiger charge is 2.09. The van der Waals surface area contributed by atoms with Crippen molar-refractivity contribution in [3.63, 3.8) is 0 Å². The Morgan fingerprint density at radius 1 is 1.38 bits per heavy atom. The molecule has 16 heavy (non-hydrogen) atoms. The number of nitrogens with zero attached hydrogens (tertiary/aromatic N) is 3. The Bertz CT molecular complexity index is 322. The molecule has 0 aliphatic carbocycles. The first kappa shape index (κ1) is 11.1. The van der Waals surface area contributed by atoms with Gasteiger partial charge in [0.25, 0.3) is 0 Å². The van der Waals surface area contributed by atoms with Crippen molar-refractivity contribution in [2.24, 2.45) is 0 Å². The van der Waals surface area contributed by atoms with Gasteiger partial charge in [-0.1, -0.05) is 0 Å². The van der Waals surface area contributed by atoms with Gasteiger partial charge in [-0.15, -0.1) is 0 Å². The zero-order valence-corrected chi connectivity index (χ0v) is 9.52. The van der Waals surface area contributed by atoms with Crippen LogP contribution in [0.2, 0.25) is 0 Å². The molecule has 0 spiro atoms. The summed E-state index contributed by atoms with van der Waals surface area (Å²) in [6.45, 7) is 4.64. The van der Waals surface area contributed by atoms with Gasteiger partial charge in [-0.05, 0) is 45.0 Å². The molecular weight excluding hydrogens is 202 g/mol. The van der Waals surface area contributed by atoms with Crippen LogP contribution in [0, 0.1) is 0 Å². The third kappa shape index (κ3) is 3.34. The number of nitrogens with two attached hydrogens (primary N) is 1. The molecule has 2 heterocycles. The number of likely N-dealkylation sites (tertiary alicyclic amines) is 1. The van der Waals surface area contributed by atoms with Gasteiger partial charge >= 0.3 is 0 Å². The minimum absolute atomic E-state index is 0.324. The molecule has 1 aromatic rings. The second kappa shape index (κ2) is 5.65. The van der Waals surface area contributed by atoms with E-state index in [1.807, 2.05) is 6.07 Å². The molecule has 1 fully saturated rings. The molecule has 88 valence electrons. The quantitative estimate of drug-likeness (QED) is 0.725. The smallest absolute Gasteiger partial charge is 0.221 e. The van der Waals surface area contributed by atoms with Gasteiger partial charge in [0, 0.05) is 12.7 Å². The third-order valence-electron chi connectivity index (χ3n) is 2.83. The summed E-state index contributed by atoms with van der Waals surface area (Å²) in [5, 5.41) is 3.25. The van der Waals surface area contributed by atoms with Crippen LogP contribution in [-0.2, 0) is 0 Å². The van der Waals surface area contributed by atoms with Crippen molar-refractivity contribution in [1.82, 2.24) is 14.9 Å². The first-order valence-electron chi connectivity index (χ1n) is 5.89. The number of nitrogens with one attached hydrogen (secondary N) is 1. The predicted octanol–water partition coefficient (Wildman–Crippen LogP) is 0.957. The van der Waals surface area contributed by atoms with Gasteiger partial charge in [0.1, 0.15) is 5.82 Å². The Morgan fingerprint density at radius 3 is 2.94 bits per heavy atom. The van der Waals surface area contributed by atoms with Crippen LogP contribution < -0.4 is 11.1 Å². The summed E-state index contributed by atoms with van der Waals surface area (Å²) in [7, 11) is 0. The molecule has 5 nitrogen and oxygen atoms in total. The Hall–Kier alpha value is -1.36. The largest absolute Gasteiger partial charge is 0.370 e. The topological polar surface area (TPSA) is 67.1 Å². The van der Waals surface area contributed by atoms with Crippen LogP contribution in [0.1, 0.15) is 19.3 Å². The molecule has 1 aliphatic rings. The van der Waals surface area contributed by atoms with Crippen LogP contribution in [0.5, 0.6) is 0 Å². The van der Waals surface area contributed by atoms with Crippen molar-refractivity contribution in [3.8, 4) is 0 Å². The van der Waals surface area contributed by atoms with Crippen LogP contribution in [0.15, 0.2) is 12.3 Å². The lowest BCUT2D eigenvalue weighted by Gasteiger charge is -2.14. The van der Waals surface area contributed by atoms with E-state index in [0.29, 0.717) is 5.95 Å². The lowest BCUT2D eigenvalue weighted by molar-refractivity contribution is 0.337. The van der Waals surface area contributed by atoms with Crippen LogP contribution in [-0.4, -0.2) is 41.0 Å². The van der Waals surface area contributed by atoms with E-state index in [1.54, 1.807) is 6.20 Å². The van der Waals surface area contributed by atoms with E-state index < -0.39 is 0 Å². The lowest BCUT2D eigenvalue weighted by Crippen LogP contribution is -2.22. The molecule has 0 saturated carbocycles. The summed E-state index contributed by atoms with van der Waals surface area (Å²) < 4.78 is 0. The molecule has 0 bridgehead atoms. The number of hydrogen-bond acceptors (Lipinski definition) is 5. The maximum Gasteiger partial charge on any atom is 0.221 e. The Morgan fingerprint density at radius 2 is 2.19 bits per heavy atom. The van der Waals surface area contributed by atoms with Gasteiger partial charge in [-0.3, -0.25) is 0 Å². The molecule has 1 saturated heterocycles. The first-order chi connectivity index (χ1) is 7.84. The summed E-state index contributed by atoms with van der Waals surface area (Å²) in [5.41, 5.74) is 5.49. The zero-order valence-electron chi connectivity index (χ0n) is 9.52. The molecule has 1 aliphatic heterocycles. The number of anilines is 2. The zero-order chi connectivity index (χ0) is 11.2. The maximum atomic E-state index is 5.49. The Kier molecular flexibility index (Phi) is 3.93. The lowest BCUT2D eigenvalue weighted by atomic mass is 10.4. The van der Waals surface area contributed by atoms with E-state index in [9.17, 15) is 0 Å². The summed E-state index contributed by atoms with van der Waals surface area (Å²) in [6, 6.07) is 1.84. The van der Waals surface area contributed by atoms with Crippen molar-refractivity contribution in [2.75, 3.05) is 37.2 Å². The van der Waals surface area contributed by atoms with Gasteiger partial charge < -0.3 is 16.0 Å². The van der Waals surface area contributed by atoms with E-state index >= 15 is 0 Å². The summed E-state index contributed by atoms with van der Waals surface area (Å²) in [6.07, 6.45) is 5.53. The van der Waals surface area contributed by atoms with Gasteiger partial charge in [0.15, 0.2) is 0 Å².